The van der Waals surface area contributed by atoms with Gasteiger partial charge in [0.15, 0.2) is 0 Å². The molecule has 2 saturated heterocycles. The standard InChI is InChI=1S/C27H34BrClN4O4/c28-22-7-2-20(3-8-22)15-30-12-13-31-18-32(17-24(31)16-30)26-25(34)21(11-14-33(26,37)27(35)36)6-1-19-4-9-23(29)10-5-19/h2-3,7-8,12-13,16,19,21,23,26H,1,4-6,9-11,14-15,17-18H2,(H,35,36). The van der Waals surface area contributed by atoms with Crippen LogP contribution in [0.3, 0.4) is 0 Å². The van der Waals surface area contributed by atoms with Gasteiger partial charge in [0.2, 0.25) is 11.9 Å². The summed E-state index contributed by atoms with van der Waals surface area (Å²) in [5.74, 6) is 0.0714. The smallest absolute Gasteiger partial charge is 0.515 e. The van der Waals surface area contributed by atoms with Crippen molar-refractivity contribution in [1.29, 1.82) is 0 Å². The van der Waals surface area contributed by atoms with Crippen molar-refractivity contribution in [3.05, 3.63) is 63.8 Å². The molecule has 1 amide bonds. The van der Waals surface area contributed by atoms with E-state index in [0.29, 0.717) is 38.5 Å². The Morgan fingerprint density at radius 3 is 2.54 bits per heavy atom. The second kappa shape index (κ2) is 11.1. The van der Waals surface area contributed by atoms with Gasteiger partial charge in [-0.15, -0.1) is 11.6 Å². The van der Waals surface area contributed by atoms with E-state index < -0.39 is 16.9 Å². The topological polar surface area (TPSA) is 87.1 Å². The molecule has 1 aliphatic carbocycles. The van der Waals surface area contributed by atoms with Crippen molar-refractivity contribution in [2.45, 2.75) is 63.0 Å². The lowest BCUT2D eigenvalue weighted by Gasteiger charge is -2.49. The van der Waals surface area contributed by atoms with E-state index in [4.69, 9.17) is 11.6 Å². The summed E-state index contributed by atoms with van der Waals surface area (Å²) in [4.78, 5) is 31.6. The summed E-state index contributed by atoms with van der Waals surface area (Å²) in [6.45, 7) is 1.30. The molecule has 5 rings (SSSR count). The summed E-state index contributed by atoms with van der Waals surface area (Å²) < 4.78 is -0.489. The van der Waals surface area contributed by atoms with E-state index in [-0.39, 0.29) is 23.6 Å². The molecule has 10 heteroatoms. The zero-order valence-electron chi connectivity index (χ0n) is 20.8. The molecule has 3 atom stereocenters. The molecule has 0 bridgehead atoms. The van der Waals surface area contributed by atoms with Gasteiger partial charge in [0.05, 0.1) is 13.2 Å². The van der Waals surface area contributed by atoms with Crippen LogP contribution in [0.15, 0.2) is 53.0 Å². The number of halogens is 2. The van der Waals surface area contributed by atoms with Gasteiger partial charge >= 0.3 is 6.09 Å². The Morgan fingerprint density at radius 2 is 1.84 bits per heavy atom. The summed E-state index contributed by atoms with van der Waals surface area (Å²) in [5.41, 5.74) is 2.10. The number of nitrogens with zero attached hydrogens (tertiary/aromatic N) is 4. The highest BCUT2D eigenvalue weighted by molar-refractivity contribution is 9.10. The van der Waals surface area contributed by atoms with E-state index in [9.17, 15) is 19.9 Å². The monoisotopic (exact) mass is 592 g/mol. The molecule has 3 heterocycles. The van der Waals surface area contributed by atoms with Crippen molar-refractivity contribution in [2.75, 3.05) is 19.8 Å². The summed E-state index contributed by atoms with van der Waals surface area (Å²) in [6, 6.07) is 8.13. The second-order valence-corrected chi connectivity index (χ2v) is 12.4. The fourth-order valence-corrected chi connectivity index (χ4v) is 6.68. The molecule has 0 radical (unpaired) electrons. The number of hydroxylamine groups is 3. The number of Topliss-reactive ketones (excluding diaryl/α,β-unsaturated/α-hetero) is 1. The molecule has 0 aromatic heterocycles. The van der Waals surface area contributed by atoms with Crippen LogP contribution in [-0.2, 0) is 11.3 Å². The number of fused-ring (bicyclic) bond motifs is 1. The number of hydrogen-bond acceptors (Lipinski definition) is 6. The average Bonchev–Trinajstić information content (AvgIpc) is 3.28. The Morgan fingerprint density at radius 1 is 1.11 bits per heavy atom. The maximum absolute atomic E-state index is 13.7. The first-order valence-corrected chi connectivity index (χ1v) is 14.4. The van der Waals surface area contributed by atoms with Crippen molar-refractivity contribution in [2.24, 2.45) is 11.8 Å². The third kappa shape index (κ3) is 5.76. The van der Waals surface area contributed by atoms with Gasteiger partial charge < -0.3 is 20.1 Å². The van der Waals surface area contributed by atoms with Crippen LogP contribution in [0.2, 0.25) is 0 Å². The Bertz CT molecular complexity index is 1070. The van der Waals surface area contributed by atoms with Crippen molar-refractivity contribution < 1.29 is 19.3 Å². The summed E-state index contributed by atoms with van der Waals surface area (Å²) in [6.07, 6.45) is 9.36. The molecule has 0 spiro atoms. The van der Waals surface area contributed by atoms with Gasteiger partial charge in [-0.2, -0.15) is 4.79 Å². The average molecular weight is 594 g/mol. The first-order valence-electron chi connectivity index (χ1n) is 13.1. The maximum Gasteiger partial charge on any atom is 0.515 e. The van der Waals surface area contributed by atoms with Crippen LogP contribution in [0, 0.1) is 17.0 Å². The lowest BCUT2D eigenvalue weighted by molar-refractivity contribution is -0.841. The summed E-state index contributed by atoms with van der Waals surface area (Å²) in [5, 5.41) is 23.7. The third-order valence-corrected chi connectivity index (χ3v) is 9.30. The number of carbonyl (C=O) groups is 2. The second-order valence-electron chi connectivity index (χ2n) is 10.8. The fraction of sp³-hybridized carbons (Fsp3) is 0.556. The molecular weight excluding hydrogens is 560 g/mol. The fourth-order valence-electron chi connectivity index (χ4n) is 6.16. The Kier molecular flexibility index (Phi) is 7.98. The third-order valence-electron chi connectivity index (χ3n) is 8.33. The van der Waals surface area contributed by atoms with E-state index in [1.54, 1.807) is 4.90 Å². The molecule has 3 unspecified atom stereocenters. The highest BCUT2D eigenvalue weighted by Gasteiger charge is 2.53. The number of alkyl halides is 1. The molecule has 3 aliphatic heterocycles. The van der Waals surface area contributed by atoms with Gasteiger partial charge in [0.1, 0.15) is 0 Å². The SMILES string of the molecule is O=C1C(CCC2CCC(Cl)CC2)CC[N+]([O-])(C(=O)O)C1N1CC2=CN(Cc3ccc(Br)cc3)C=CN2C1. The highest BCUT2D eigenvalue weighted by atomic mass is 79.9. The quantitative estimate of drug-likeness (QED) is 0.260. The molecule has 3 fully saturated rings. The Hall–Kier alpha value is -1.91. The van der Waals surface area contributed by atoms with E-state index >= 15 is 0 Å². The number of likely N-dealkylation sites (tertiary alicyclic amines) is 1. The van der Waals surface area contributed by atoms with Crippen molar-refractivity contribution >= 4 is 39.4 Å². The predicted octanol–water partition coefficient (Wildman–Crippen LogP) is 5.64. The number of amides is 1. The number of ketones is 1. The van der Waals surface area contributed by atoms with Crippen LogP contribution >= 0.6 is 27.5 Å². The van der Waals surface area contributed by atoms with Crippen molar-refractivity contribution in [3.63, 3.8) is 0 Å². The lowest BCUT2D eigenvalue weighted by atomic mass is 9.81. The number of piperidine rings is 1. The van der Waals surface area contributed by atoms with Crippen LogP contribution in [0.4, 0.5) is 4.79 Å². The van der Waals surface area contributed by atoms with Crippen LogP contribution in [-0.4, -0.2) is 67.6 Å². The van der Waals surface area contributed by atoms with Gasteiger partial charge in [-0.3, -0.25) is 4.79 Å². The molecule has 1 saturated carbocycles. The number of quaternary nitrogens is 1. The van der Waals surface area contributed by atoms with E-state index in [1.165, 1.54) is 0 Å². The van der Waals surface area contributed by atoms with E-state index in [2.05, 4.69) is 33.0 Å². The van der Waals surface area contributed by atoms with Crippen molar-refractivity contribution in [1.82, 2.24) is 14.7 Å². The molecule has 8 nitrogen and oxygen atoms in total. The minimum atomic E-state index is -1.51. The number of carboxylic acid groups (broad SMARTS) is 1. The molecule has 1 aromatic carbocycles. The minimum absolute atomic E-state index is 0.0775. The Balaban J connectivity index is 1.27. The first-order chi connectivity index (χ1) is 17.7. The maximum atomic E-state index is 13.7. The number of benzene rings is 1. The van der Waals surface area contributed by atoms with Gasteiger partial charge in [0, 0.05) is 59.6 Å². The molecule has 37 heavy (non-hydrogen) atoms. The molecule has 4 aliphatic rings. The summed E-state index contributed by atoms with van der Waals surface area (Å²) >= 11 is 9.70. The van der Waals surface area contributed by atoms with E-state index in [0.717, 1.165) is 47.8 Å². The van der Waals surface area contributed by atoms with Crippen molar-refractivity contribution in [3.8, 4) is 0 Å². The highest BCUT2D eigenvalue weighted by Crippen LogP contribution is 2.37. The van der Waals surface area contributed by atoms with Gasteiger partial charge in [-0.05, 0) is 62.1 Å². The number of rotatable bonds is 6. The van der Waals surface area contributed by atoms with E-state index in [1.807, 2.05) is 35.6 Å². The number of hydrogen-bond donors (Lipinski definition) is 1. The van der Waals surface area contributed by atoms with Crippen LogP contribution in [0.25, 0.3) is 0 Å². The Labute approximate surface area is 231 Å². The predicted molar refractivity (Wildman–Crippen MR) is 145 cm³/mol. The molecule has 1 aromatic rings. The zero-order chi connectivity index (χ0) is 26.2. The zero-order valence-corrected chi connectivity index (χ0v) is 23.2. The molecule has 1 N–H and O–H groups in total. The van der Waals surface area contributed by atoms with Crippen LogP contribution in [0.1, 0.15) is 50.5 Å². The summed E-state index contributed by atoms with van der Waals surface area (Å²) in [7, 11) is 0. The largest absolute Gasteiger partial charge is 0.621 e. The first kappa shape index (κ1) is 26.7. The van der Waals surface area contributed by atoms with Gasteiger partial charge in [0.25, 0.3) is 0 Å². The van der Waals surface area contributed by atoms with Gasteiger partial charge in [-0.1, -0.05) is 28.1 Å². The van der Waals surface area contributed by atoms with Crippen LogP contribution < -0.4 is 0 Å². The molecule has 200 valence electrons. The lowest BCUT2D eigenvalue weighted by Crippen LogP contribution is -2.68. The van der Waals surface area contributed by atoms with Gasteiger partial charge in [-0.25, -0.2) is 9.55 Å². The molecular formula is C27H34BrClN4O4. The minimum Gasteiger partial charge on any atom is -0.621 e. The number of carbonyl (C=O) groups excluding carboxylic acids is 1. The normalized spacial score (nSPS) is 32.4. The van der Waals surface area contributed by atoms with Crippen LogP contribution in [0.5, 0.6) is 0 Å².